The van der Waals surface area contributed by atoms with Gasteiger partial charge in [0.15, 0.2) is 0 Å². The molecule has 0 spiro atoms. The minimum absolute atomic E-state index is 0. The van der Waals surface area contributed by atoms with Gasteiger partial charge in [0.05, 0.1) is 11.9 Å². The van der Waals surface area contributed by atoms with Crippen molar-refractivity contribution in [3.8, 4) is 22.4 Å². The van der Waals surface area contributed by atoms with Crippen LogP contribution in [-0.2, 0) is 0 Å². The van der Waals surface area contributed by atoms with Crippen LogP contribution in [0, 0.1) is 13.8 Å². The standard InChI is InChI=1S/C24H26N6.3ClH/c1-14-3-4-15(2)20-12-27-22(10-18(14)20)19-9-17(11-28-24(19)25)21-13-29-30-23(21)16-5-7-26-8-6-16;;;/h3-4,9-13,16,26H,5-8H2,1-2H3,(H2,25,28)(H,29,30);3*1H. The maximum atomic E-state index is 6.28. The van der Waals surface area contributed by atoms with Crippen LogP contribution in [0.15, 0.2) is 42.9 Å². The van der Waals surface area contributed by atoms with Crippen molar-refractivity contribution in [1.29, 1.82) is 0 Å². The van der Waals surface area contributed by atoms with Gasteiger partial charge in [-0.1, -0.05) is 12.1 Å². The minimum atomic E-state index is 0. The van der Waals surface area contributed by atoms with E-state index in [0.29, 0.717) is 11.7 Å². The summed E-state index contributed by atoms with van der Waals surface area (Å²) in [5, 5.41) is 13.4. The number of nitrogens with zero attached hydrogens (tertiary/aromatic N) is 3. The number of benzene rings is 1. The van der Waals surface area contributed by atoms with E-state index < -0.39 is 0 Å². The number of aryl methyl sites for hydroxylation is 2. The number of anilines is 1. The molecule has 1 fully saturated rings. The van der Waals surface area contributed by atoms with E-state index in [4.69, 9.17) is 10.7 Å². The summed E-state index contributed by atoms with van der Waals surface area (Å²) in [4.78, 5) is 9.22. The number of nitrogens with two attached hydrogens (primary N) is 1. The second-order valence-electron chi connectivity index (χ2n) is 8.19. The number of aromatic nitrogens is 4. The number of nitrogen functional groups attached to an aromatic ring is 1. The van der Waals surface area contributed by atoms with Gasteiger partial charge in [-0.15, -0.1) is 37.2 Å². The van der Waals surface area contributed by atoms with Crippen molar-refractivity contribution in [3.63, 3.8) is 0 Å². The van der Waals surface area contributed by atoms with Crippen LogP contribution in [0.25, 0.3) is 33.2 Å². The van der Waals surface area contributed by atoms with Crippen molar-refractivity contribution >= 4 is 53.8 Å². The minimum Gasteiger partial charge on any atom is -0.383 e. The molecule has 1 aliphatic rings. The van der Waals surface area contributed by atoms with E-state index in [-0.39, 0.29) is 37.2 Å². The third kappa shape index (κ3) is 5.09. The summed E-state index contributed by atoms with van der Waals surface area (Å²) in [6.45, 7) is 6.31. The number of piperidine rings is 1. The van der Waals surface area contributed by atoms with Gasteiger partial charge in [0, 0.05) is 46.1 Å². The largest absolute Gasteiger partial charge is 0.383 e. The molecule has 176 valence electrons. The van der Waals surface area contributed by atoms with E-state index >= 15 is 0 Å². The van der Waals surface area contributed by atoms with E-state index in [1.807, 2.05) is 18.6 Å². The van der Waals surface area contributed by atoms with Crippen molar-refractivity contribution < 1.29 is 0 Å². The fourth-order valence-corrected chi connectivity index (χ4v) is 4.45. The SMILES string of the molecule is Cc1ccc(C)c2cc(-c3cc(-c4cn[nH]c4C4CCNCC4)cnc3N)ncc12.Cl.Cl.Cl. The fourth-order valence-electron chi connectivity index (χ4n) is 4.45. The lowest BCUT2D eigenvalue weighted by molar-refractivity contribution is 0.453. The Labute approximate surface area is 212 Å². The molecule has 3 aromatic heterocycles. The molecular weight excluding hydrogens is 479 g/mol. The van der Waals surface area contributed by atoms with Crippen molar-refractivity contribution in [2.24, 2.45) is 0 Å². The summed E-state index contributed by atoms with van der Waals surface area (Å²) in [6.07, 6.45) is 7.89. The quantitative estimate of drug-likeness (QED) is 0.335. The maximum absolute atomic E-state index is 6.28. The van der Waals surface area contributed by atoms with Crippen LogP contribution in [0.3, 0.4) is 0 Å². The lowest BCUT2D eigenvalue weighted by atomic mass is 9.90. The number of hydrogen-bond acceptors (Lipinski definition) is 5. The number of halogens is 3. The van der Waals surface area contributed by atoms with Crippen LogP contribution in [0.5, 0.6) is 0 Å². The zero-order chi connectivity index (χ0) is 20.7. The molecule has 0 aliphatic carbocycles. The van der Waals surface area contributed by atoms with Gasteiger partial charge >= 0.3 is 0 Å². The predicted molar refractivity (Wildman–Crippen MR) is 143 cm³/mol. The van der Waals surface area contributed by atoms with Crippen molar-refractivity contribution in [2.45, 2.75) is 32.6 Å². The lowest BCUT2D eigenvalue weighted by Crippen LogP contribution is -2.27. The van der Waals surface area contributed by atoms with Crippen LogP contribution in [-0.4, -0.2) is 33.3 Å². The third-order valence-corrected chi connectivity index (χ3v) is 6.26. The molecule has 33 heavy (non-hydrogen) atoms. The van der Waals surface area contributed by atoms with Gasteiger partial charge in [-0.05, 0) is 68.4 Å². The number of pyridine rings is 2. The molecule has 4 N–H and O–H groups in total. The zero-order valence-electron chi connectivity index (χ0n) is 18.6. The highest BCUT2D eigenvalue weighted by molar-refractivity contribution is 5.91. The predicted octanol–water partition coefficient (Wildman–Crippen LogP) is 5.62. The zero-order valence-corrected chi connectivity index (χ0v) is 21.0. The molecule has 1 saturated heterocycles. The number of H-pyrrole nitrogens is 1. The number of nitrogens with one attached hydrogen (secondary N) is 2. The van der Waals surface area contributed by atoms with Gasteiger partial charge < -0.3 is 11.1 Å². The average molecular weight is 508 g/mol. The Hall–Kier alpha value is -2.38. The molecule has 0 saturated carbocycles. The maximum Gasteiger partial charge on any atom is 0.132 e. The first-order valence-electron chi connectivity index (χ1n) is 10.5. The Balaban J connectivity index is 0.00000128. The molecule has 0 unspecified atom stereocenters. The monoisotopic (exact) mass is 506 g/mol. The summed E-state index contributed by atoms with van der Waals surface area (Å²) in [5.74, 6) is 0.969. The molecule has 6 nitrogen and oxygen atoms in total. The smallest absolute Gasteiger partial charge is 0.132 e. The molecule has 0 radical (unpaired) electrons. The van der Waals surface area contributed by atoms with Crippen LogP contribution in [0.4, 0.5) is 5.82 Å². The van der Waals surface area contributed by atoms with Crippen LogP contribution in [0.1, 0.15) is 35.6 Å². The summed E-state index contributed by atoms with van der Waals surface area (Å²) in [6, 6.07) is 8.50. The highest BCUT2D eigenvalue weighted by Gasteiger charge is 2.21. The summed E-state index contributed by atoms with van der Waals surface area (Å²) in [7, 11) is 0. The van der Waals surface area contributed by atoms with Crippen LogP contribution in [0.2, 0.25) is 0 Å². The van der Waals surface area contributed by atoms with Gasteiger partial charge in [-0.25, -0.2) is 4.98 Å². The van der Waals surface area contributed by atoms with E-state index in [0.717, 1.165) is 48.3 Å². The van der Waals surface area contributed by atoms with Gasteiger partial charge in [0.1, 0.15) is 5.82 Å². The Kier molecular flexibility index (Phi) is 9.09. The molecule has 4 aromatic rings. The molecular formula is C24H29Cl3N6. The summed E-state index contributed by atoms with van der Waals surface area (Å²) < 4.78 is 0. The third-order valence-electron chi connectivity index (χ3n) is 6.26. The highest BCUT2D eigenvalue weighted by atomic mass is 35.5. The number of rotatable bonds is 3. The summed E-state index contributed by atoms with van der Waals surface area (Å²) >= 11 is 0. The Morgan fingerprint density at radius 1 is 0.848 bits per heavy atom. The van der Waals surface area contributed by atoms with Gasteiger partial charge in [0.2, 0.25) is 0 Å². The first kappa shape index (κ1) is 26.9. The van der Waals surface area contributed by atoms with Crippen LogP contribution < -0.4 is 11.1 Å². The number of fused-ring (bicyclic) bond motifs is 1. The molecule has 0 bridgehead atoms. The van der Waals surface area contributed by atoms with Crippen molar-refractivity contribution in [2.75, 3.05) is 18.8 Å². The second-order valence-corrected chi connectivity index (χ2v) is 8.19. The van der Waals surface area contributed by atoms with Gasteiger partial charge in [0.25, 0.3) is 0 Å². The molecule has 0 atom stereocenters. The highest BCUT2D eigenvalue weighted by Crippen LogP contribution is 2.35. The van der Waals surface area contributed by atoms with E-state index in [1.54, 1.807) is 0 Å². The Bertz CT molecular complexity index is 1230. The topological polar surface area (TPSA) is 92.5 Å². The van der Waals surface area contributed by atoms with Crippen molar-refractivity contribution in [3.05, 3.63) is 59.7 Å². The molecule has 4 heterocycles. The number of aromatic amines is 1. The van der Waals surface area contributed by atoms with E-state index in [1.165, 1.54) is 27.6 Å². The molecule has 9 heteroatoms. The van der Waals surface area contributed by atoms with E-state index in [9.17, 15) is 0 Å². The van der Waals surface area contributed by atoms with Gasteiger partial charge in [-0.2, -0.15) is 5.10 Å². The second kappa shape index (κ2) is 11.2. The Morgan fingerprint density at radius 3 is 2.27 bits per heavy atom. The first-order valence-corrected chi connectivity index (χ1v) is 10.5. The number of hydrogen-bond donors (Lipinski definition) is 3. The summed E-state index contributed by atoms with van der Waals surface area (Å²) in [5.41, 5.74) is 13.7. The fraction of sp³-hybridized carbons (Fsp3) is 0.292. The lowest BCUT2D eigenvalue weighted by Gasteiger charge is -2.22. The van der Waals surface area contributed by atoms with Crippen molar-refractivity contribution in [1.82, 2.24) is 25.5 Å². The molecule has 0 amide bonds. The molecule has 1 aliphatic heterocycles. The normalized spacial score (nSPS) is 13.6. The molecule has 5 rings (SSSR count). The molecule has 1 aromatic carbocycles. The van der Waals surface area contributed by atoms with E-state index in [2.05, 4.69) is 58.6 Å². The van der Waals surface area contributed by atoms with Gasteiger partial charge in [-0.3, -0.25) is 10.1 Å². The average Bonchev–Trinajstić information content (AvgIpc) is 3.27. The first-order chi connectivity index (χ1) is 14.6. The van der Waals surface area contributed by atoms with Crippen LogP contribution >= 0.6 is 37.2 Å². The Morgan fingerprint density at radius 2 is 1.55 bits per heavy atom.